The second kappa shape index (κ2) is 73.8. The van der Waals surface area contributed by atoms with Gasteiger partial charge >= 0.3 is 39.5 Å². The van der Waals surface area contributed by atoms with Crippen molar-refractivity contribution in [2.45, 2.75) is 380 Å². The topological polar surface area (TPSA) is 237 Å². The molecule has 5 unspecified atom stereocenters. The summed E-state index contributed by atoms with van der Waals surface area (Å²) in [5, 5.41) is 10.6. The van der Waals surface area contributed by atoms with Crippen molar-refractivity contribution in [3.05, 3.63) is 72.9 Å². The minimum Gasteiger partial charge on any atom is -0.462 e. The molecule has 0 bridgehead atoms. The summed E-state index contributed by atoms with van der Waals surface area (Å²) in [5.41, 5.74) is 0. The third kappa shape index (κ3) is 72.8. The summed E-state index contributed by atoms with van der Waals surface area (Å²) in [4.78, 5) is 73.0. The van der Waals surface area contributed by atoms with E-state index in [-0.39, 0.29) is 25.7 Å². The van der Waals surface area contributed by atoms with Crippen LogP contribution >= 0.6 is 15.6 Å². The molecule has 0 aliphatic carbocycles. The van der Waals surface area contributed by atoms with Crippen molar-refractivity contribution in [1.82, 2.24) is 0 Å². The molecule has 0 saturated carbocycles. The second-order valence-corrected chi connectivity index (χ2v) is 29.9. The van der Waals surface area contributed by atoms with E-state index in [1.54, 1.807) is 0 Å². The zero-order valence-electron chi connectivity index (χ0n) is 63.6. The van der Waals surface area contributed by atoms with Crippen molar-refractivity contribution < 1.29 is 80.2 Å². The summed E-state index contributed by atoms with van der Waals surface area (Å²) >= 11 is 0. The Morgan fingerprint density at radius 2 is 0.520 bits per heavy atom. The van der Waals surface area contributed by atoms with Gasteiger partial charge in [-0.25, -0.2) is 9.13 Å². The lowest BCUT2D eigenvalue weighted by atomic mass is 10.0. The first-order valence-electron chi connectivity index (χ1n) is 40.2. The van der Waals surface area contributed by atoms with Gasteiger partial charge in [-0.05, 0) is 96.3 Å². The van der Waals surface area contributed by atoms with Crippen LogP contribution in [0.1, 0.15) is 362 Å². The molecule has 3 N–H and O–H groups in total. The van der Waals surface area contributed by atoms with E-state index < -0.39 is 97.5 Å². The zero-order valence-corrected chi connectivity index (χ0v) is 65.4. The number of rotatable bonds is 76. The van der Waals surface area contributed by atoms with E-state index in [2.05, 4.69) is 101 Å². The number of esters is 4. The Hall–Kier alpha value is -3.50. The smallest absolute Gasteiger partial charge is 0.462 e. The fourth-order valence-corrected chi connectivity index (χ4v) is 12.6. The SMILES string of the molecule is CC/C=C\C/C=C\C/C=C\CCCCCCCC(=O)OC(COC(=O)CCCCCCCC/C=C\C/C=C\C/C=C\CCCCC)COP(=O)(O)OCC(O)COP(=O)(O)OCC(COC(=O)CCCCCCCCCCCCCCC)OC(=O)CCCCCCCCCCCCCCC. The Morgan fingerprint density at radius 1 is 0.290 bits per heavy atom. The summed E-state index contributed by atoms with van der Waals surface area (Å²) in [6.45, 7) is 4.77. The Morgan fingerprint density at radius 3 is 0.820 bits per heavy atom. The molecule has 0 radical (unpaired) electrons. The number of unbranched alkanes of at least 4 members (excludes halogenated alkanes) is 38. The maximum atomic E-state index is 13.1. The van der Waals surface area contributed by atoms with Gasteiger partial charge in [0.15, 0.2) is 12.2 Å². The number of phosphoric ester groups is 2. The molecule has 19 heteroatoms. The third-order valence-electron chi connectivity index (χ3n) is 17.2. The molecule has 0 aromatic heterocycles. The molecule has 0 aromatic carbocycles. The van der Waals surface area contributed by atoms with E-state index in [0.717, 1.165) is 154 Å². The number of phosphoric acid groups is 2. The lowest BCUT2D eigenvalue weighted by Crippen LogP contribution is -2.30. The lowest BCUT2D eigenvalue weighted by Gasteiger charge is -2.21. The Kier molecular flexibility index (Phi) is 71.2. The highest BCUT2D eigenvalue weighted by molar-refractivity contribution is 7.47. The van der Waals surface area contributed by atoms with E-state index in [1.165, 1.54) is 128 Å². The molecule has 0 amide bonds. The summed E-state index contributed by atoms with van der Waals surface area (Å²) < 4.78 is 68.6. The normalized spacial score (nSPS) is 14.3. The van der Waals surface area contributed by atoms with Crippen molar-refractivity contribution in [1.29, 1.82) is 0 Å². The molecule has 0 saturated heterocycles. The molecule has 0 spiro atoms. The van der Waals surface area contributed by atoms with Crippen LogP contribution in [-0.4, -0.2) is 96.7 Å². The number of allylic oxidation sites excluding steroid dienone is 12. The van der Waals surface area contributed by atoms with Crippen molar-refractivity contribution in [3.8, 4) is 0 Å². The monoisotopic (exact) mass is 1450 g/mol. The minimum absolute atomic E-state index is 0.0748. The molecule has 582 valence electrons. The van der Waals surface area contributed by atoms with Crippen LogP contribution < -0.4 is 0 Å². The minimum atomic E-state index is -4.98. The van der Waals surface area contributed by atoms with Gasteiger partial charge in [-0.15, -0.1) is 0 Å². The number of carbonyl (C=O) groups excluding carboxylic acids is 4. The fourth-order valence-electron chi connectivity index (χ4n) is 11.1. The van der Waals surface area contributed by atoms with E-state index in [0.29, 0.717) is 25.7 Å². The molecule has 0 aromatic rings. The quantitative estimate of drug-likeness (QED) is 0.0169. The first-order chi connectivity index (χ1) is 48.7. The van der Waals surface area contributed by atoms with Crippen molar-refractivity contribution in [2.75, 3.05) is 39.6 Å². The van der Waals surface area contributed by atoms with Crippen molar-refractivity contribution in [3.63, 3.8) is 0 Å². The van der Waals surface area contributed by atoms with Crippen LogP contribution in [-0.2, 0) is 65.4 Å². The van der Waals surface area contributed by atoms with Crippen LogP contribution in [0.4, 0.5) is 0 Å². The molecule has 0 fully saturated rings. The third-order valence-corrected chi connectivity index (χ3v) is 19.1. The summed E-state index contributed by atoms with van der Waals surface area (Å²) in [6.07, 6.45) is 74.4. The van der Waals surface area contributed by atoms with Crippen molar-refractivity contribution >= 4 is 39.5 Å². The number of aliphatic hydroxyl groups is 1. The van der Waals surface area contributed by atoms with Gasteiger partial charge in [0.2, 0.25) is 0 Å². The standard InChI is InChI=1S/C81H146O17P2/c1-5-9-13-17-21-25-29-33-35-36-37-38-40-43-46-50-54-58-62-66-79(84)92-72-77(98-81(86)68-64-60-56-52-48-44-39-34-30-26-22-18-14-10-6-2)74-96-100(89,90)94-70-75(82)69-93-99(87,88)95-73-76(97-80(85)67-63-59-55-51-47-42-32-28-24-20-16-12-8-4)71-91-78(83)65-61-57-53-49-45-41-31-27-23-19-15-11-7-3/h10,14,21-22,25-26,33-35,37-39,75-77,82H,5-9,11-13,15-20,23-24,27-32,36,40-74H2,1-4H3,(H,87,88)(H,89,90)/b14-10-,25-21-,26-22-,35-33-,38-37-,39-34-. The van der Waals surface area contributed by atoms with E-state index in [9.17, 15) is 43.2 Å². The number of hydrogen-bond donors (Lipinski definition) is 3. The molecule has 0 aliphatic heterocycles. The van der Waals surface area contributed by atoms with Crippen LogP contribution in [0.25, 0.3) is 0 Å². The predicted molar refractivity (Wildman–Crippen MR) is 409 cm³/mol. The van der Waals surface area contributed by atoms with Gasteiger partial charge in [0.05, 0.1) is 26.4 Å². The zero-order chi connectivity index (χ0) is 73.2. The number of carbonyl (C=O) groups is 4. The van der Waals surface area contributed by atoms with Crippen LogP contribution in [0.15, 0.2) is 72.9 Å². The lowest BCUT2D eigenvalue weighted by molar-refractivity contribution is -0.161. The maximum absolute atomic E-state index is 13.1. The van der Waals surface area contributed by atoms with Gasteiger partial charge in [-0.2, -0.15) is 0 Å². The van der Waals surface area contributed by atoms with Gasteiger partial charge < -0.3 is 33.8 Å². The Labute approximate surface area is 609 Å². The maximum Gasteiger partial charge on any atom is 0.472 e. The Bertz CT molecular complexity index is 2180. The number of hydrogen-bond acceptors (Lipinski definition) is 15. The van der Waals surface area contributed by atoms with Gasteiger partial charge in [0.1, 0.15) is 19.3 Å². The highest BCUT2D eigenvalue weighted by Crippen LogP contribution is 2.45. The molecule has 0 aliphatic rings. The van der Waals surface area contributed by atoms with Crippen LogP contribution in [0.5, 0.6) is 0 Å². The highest BCUT2D eigenvalue weighted by atomic mass is 31.2. The summed E-state index contributed by atoms with van der Waals surface area (Å²) in [7, 11) is -9.95. The molecule has 5 atom stereocenters. The van der Waals surface area contributed by atoms with E-state index >= 15 is 0 Å². The van der Waals surface area contributed by atoms with E-state index in [1.807, 2.05) is 0 Å². The largest absolute Gasteiger partial charge is 0.472 e. The van der Waals surface area contributed by atoms with Gasteiger partial charge in [0, 0.05) is 25.7 Å². The van der Waals surface area contributed by atoms with Crippen LogP contribution in [0.2, 0.25) is 0 Å². The molecule has 0 rings (SSSR count). The predicted octanol–water partition coefficient (Wildman–Crippen LogP) is 23.2. The number of aliphatic hydroxyl groups excluding tert-OH is 1. The number of ether oxygens (including phenoxy) is 4. The van der Waals surface area contributed by atoms with Gasteiger partial charge in [0.25, 0.3) is 0 Å². The first-order valence-corrected chi connectivity index (χ1v) is 43.2. The molecule has 100 heavy (non-hydrogen) atoms. The first kappa shape index (κ1) is 96.5. The van der Waals surface area contributed by atoms with E-state index in [4.69, 9.17) is 37.0 Å². The van der Waals surface area contributed by atoms with Gasteiger partial charge in [-0.3, -0.25) is 37.3 Å². The molecule has 0 heterocycles. The van der Waals surface area contributed by atoms with Crippen LogP contribution in [0, 0.1) is 0 Å². The highest BCUT2D eigenvalue weighted by Gasteiger charge is 2.30. The van der Waals surface area contributed by atoms with Crippen LogP contribution in [0.3, 0.4) is 0 Å². The van der Waals surface area contributed by atoms with Crippen molar-refractivity contribution in [2.24, 2.45) is 0 Å². The van der Waals surface area contributed by atoms with Gasteiger partial charge in [-0.1, -0.05) is 312 Å². The average molecular weight is 1450 g/mol. The molecular formula is C81H146O17P2. The summed E-state index contributed by atoms with van der Waals surface area (Å²) in [6, 6.07) is 0. The average Bonchev–Trinajstić information content (AvgIpc) is 0.946. The Balaban J connectivity index is 5.33. The molecular weight excluding hydrogens is 1310 g/mol. The summed E-state index contributed by atoms with van der Waals surface area (Å²) in [5.74, 6) is -2.17. The fraction of sp³-hybridized carbons (Fsp3) is 0.802. The molecule has 17 nitrogen and oxygen atoms in total. The second-order valence-electron chi connectivity index (χ2n) is 27.0.